The molecule has 0 aromatic rings. The minimum atomic E-state index is -0.441. The summed E-state index contributed by atoms with van der Waals surface area (Å²) in [5.41, 5.74) is -0.441. The second-order valence-corrected chi connectivity index (χ2v) is 6.30. The number of nitrogens with zero attached hydrogens (tertiary/aromatic N) is 1. The summed E-state index contributed by atoms with van der Waals surface area (Å²) in [6, 6.07) is 0.699. The van der Waals surface area contributed by atoms with Crippen LogP contribution in [0.4, 0.5) is 0 Å². The molecule has 1 heterocycles. The molecule has 2 aliphatic rings. The lowest BCUT2D eigenvalue weighted by Gasteiger charge is -2.40. The van der Waals surface area contributed by atoms with E-state index < -0.39 is 5.60 Å². The molecule has 0 aromatic carbocycles. The zero-order valence-corrected chi connectivity index (χ0v) is 11.4. The molecule has 3 nitrogen and oxygen atoms in total. The molecule has 3 heteroatoms. The van der Waals surface area contributed by atoms with Gasteiger partial charge in [-0.15, -0.1) is 0 Å². The standard InChI is InChI=1S/C14H28N2O/c1-12-3-5-13(6-4-12)16(2)11-14(17)7-9-15-10-8-14/h12-13,15,17H,3-11H2,1-2H3. The van der Waals surface area contributed by atoms with Gasteiger partial charge >= 0.3 is 0 Å². The van der Waals surface area contributed by atoms with Gasteiger partial charge in [-0.3, -0.25) is 0 Å². The predicted octanol–water partition coefficient (Wildman–Crippen LogP) is 1.61. The van der Waals surface area contributed by atoms with Crippen LogP contribution in [0.3, 0.4) is 0 Å². The van der Waals surface area contributed by atoms with Crippen LogP contribution in [0.2, 0.25) is 0 Å². The largest absolute Gasteiger partial charge is 0.388 e. The van der Waals surface area contributed by atoms with E-state index in [1.165, 1.54) is 25.7 Å². The van der Waals surface area contributed by atoms with Crippen molar-refractivity contribution in [2.45, 2.75) is 57.1 Å². The fourth-order valence-corrected chi connectivity index (χ4v) is 3.33. The lowest BCUT2D eigenvalue weighted by molar-refractivity contribution is -0.0283. The van der Waals surface area contributed by atoms with Crippen molar-refractivity contribution in [3.63, 3.8) is 0 Å². The lowest BCUT2D eigenvalue weighted by Crippen LogP contribution is -2.51. The van der Waals surface area contributed by atoms with Crippen LogP contribution in [0, 0.1) is 5.92 Å². The second kappa shape index (κ2) is 5.68. The van der Waals surface area contributed by atoms with Gasteiger partial charge in [0.05, 0.1) is 5.60 Å². The van der Waals surface area contributed by atoms with Crippen LogP contribution in [-0.2, 0) is 0 Å². The smallest absolute Gasteiger partial charge is 0.0798 e. The van der Waals surface area contributed by atoms with Crippen molar-refractivity contribution in [3.8, 4) is 0 Å². The first-order chi connectivity index (χ1) is 8.09. The van der Waals surface area contributed by atoms with Gasteiger partial charge in [-0.05, 0) is 64.6 Å². The summed E-state index contributed by atoms with van der Waals surface area (Å²) in [4.78, 5) is 2.41. The Morgan fingerprint density at radius 3 is 2.35 bits per heavy atom. The molecule has 1 aliphatic carbocycles. The van der Waals surface area contributed by atoms with Crippen molar-refractivity contribution in [1.82, 2.24) is 10.2 Å². The van der Waals surface area contributed by atoms with Crippen LogP contribution < -0.4 is 5.32 Å². The van der Waals surface area contributed by atoms with E-state index in [4.69, 9.17) is 0 Å². The molecule has 1 saturated carbocycles. The number of nitrogens with one attached hydrogen (secondary N) is 1. The summed E-state index contributed by atoms with van der Waals surface area (Å²) in [6.45, 7) is 5.14. The molecule has 2 fully saturated rings. The van der Waals surface area contributed by atoms with Gasteiger partial charge in [-0.2, -0.15) is 0 Å². The van der Waals surface area contributed by atoms with Gasteiger partial charge in [0.2, 0.25) is 0 Å². The molecule has 2 rings (SSSR count). The molecule has 1 aliphatic heterocycles. The monoisotopic (exact) mass is 240 g/mol. The van der Waals surface area contributed by atoms with E-state index in [1.807, 2.05) is 0 Å². The molecular weight excluding hydrogens is 212 g/mol. The first-order valence-electron chi connectivity index (χ1n) is 7.22. The Morgan fingerprint density at radius 2 is 1.76 bits per heavy atom. The highest BCUT2D eigenvalue weighted by Gasteiger charge is 2.32. The van der Waals surface area contributed by atoms with Crippen molar-refractivity contribution in [1.29, 1.82) is 0 Å². The van der Waals surface area contributed by atoms with E-state index >= 15 is 0 Å². The third-order valence-corrected chi connectivity index (χ3v) is 4.69. The fraction of sp³-hybridized carbons (Fsp3) is 1.00. The van der Waals surface area contributed by atoms with Crippen molar-refractivity contribution < 1.29 is 5.11 Å². The molecule has 0 spiro atoms. The van der Waals surface area contributed by atoms with E-state index in [9.17, 15) is 5.11 Å². The Kier molecular flexibility index (Phi) is 4.45. The summed E-state index contributed by atoms with van der Waals surface area (Å²) in [5, 5.41) is 13.9. The SMILES string of the molecule is CC1CCC(N(C)CC2(O)CCNCC2)CC1. The highest BCUT2D eigenvalue weighted by molar-refractivity contribution is 4.89. The summed E-state index contributed by atoms with van der Waals surface area (Å²) in [7, 11) is 2.20. The quantitative estimate of drug-likeness (QED) is 0.787. The molecule has 2 N–H and O–H groups in total. The van der Waals surface area contributed by atoms with Crippen LogP contribution in [0.5, 0.6) is 0 Å². The molecule has 17 heavy (non-hydrogen) atoms. The van der Waals surface area contributed by atoms with E-state index in [0.717, 1.165) is 38.4 Å². The number of hydrogen-bond acceptors (Lipinski definition) is 3. The first kappa shape index (κ1) is 13.3. The topological polar surface area (TPSA) is 35.5 Å². The average molecular weight is 240 g/mol. The Bertz CT molecular complexity index is 230. The van der Waals surface area contributed by atoms with Gasteiger partial charge < -0.3 is 15.3 Å². The minimum absolute atomic E-state index is 0.441. The molecule has 0 bridgehead atoms. The molecule has 0 amide bonds. The van der Waals surface area contributed by atoms with Crippen molar-refractivity contribution in [2.75, 3.05) is 26.7 Å². The molecule has 0 atom stereocenters. The Balaban J connectivity index is 1.81. The summed E-state index contributed by atoms with van der Waals surface area (Å²) in [6.07, 6.45) is 7.14. The van der Waals surface area contributed by atoms with Crippen LogP contribution in [0.1, 0.15) is 45.4 Å². The van der Waals surface area contributed by atoms with Gasteiger partial charge in [0.1, 0.15) is 0 Å². The predicted molar refractivity (Wildman–Crippen MR) is 71.1 cm³/mol. The van der Waals surface area contributed by atoms with E-state index in [0.29, 0.717) is 6.04 Å². The maximum absolute atomic E-state index is 10.5. The fourth-order valence-electron chi connectivity index (χ4n) is 3.33. The van der Waals surface area contributed by atoms with Gasteiger partial charge in [0.15, 0.2) is 0 Å². The van der Waals surface area contributed by atoms with Crippen molar-refractivity contribution in [2.24, 2.45) is 5.92 Å². The highest BCUT2D eigenvalue weighted by atomic mass is 16.3. The second-order valence-electron chi connectivity index (χ2n) is 6.30. The van der Waals surface area contributed by atoms with Gasteiger partial charge in [-0.25, -0.2) is 0 Å². The molecule has 100 valence electrons. The normalized spacial score (nSPS) is 33.9. The number of likely N-dealkylation sites (N-methyl/N-ethyl adjacent to an activating group) is 1. The van der Waals surface area contributed by atoms with Gasteiger partial charge in [0.25, 0.3) is 0 Å². The third kappa shape index (κ3) is 3.67. The zero-order valence-electron chi connectivity index (χ0n) is 11.4. The van der Waals surface area contributed by atoms with Crippen LogP contribution in [-0.4, -0.2) is 48.3 Å². The van der Waals surface area contributed by atoms with Gasteiger partial charge in [0, 0.05) is 12.6 Å². The highest BCUT2D eigenvalue weighted by Crippen LogP contribution is 2.28. The van der Waals surface area contributed by atoms with Crippen LogP contribution in [0.15, 0.2) is 0 Å². The van der Waals surface area contributed by atoms with E-state index in [-0.39, 0.29) is 0 Å². The van der Waals surface area contributed by atoms with Gasteiger partial charge in [-0.1, -0.05) is 6.92 Å². The Hall–Kier alpha value is -0.120. The first-order valence-corrected chi connectivity index (χ1v) is 7.22. The van der Waals surface area contributed by atoms with Crippen molar-refractivity contribution >= 4 is 0 Å². The van der Waals surface area contributed by atoms with Crippen LogP contribution in [0.25, 0.3) is 0 Å². The molecule has 1 saturated heterocycles. The number of rotatable bonds is 3. The minimum Gasteiger partial charge on any atom is -0.388 e. The molecule has 0 radical (unpaired) electrons. The Morgan fingerprint density at radius 1 is 1.18 bits per heavy atom. The maximum atomic E-state index is 10.5. The van der Waals surface area contributed by atoms with E-state index in [1.54, 1.807) is 0 Å². The van der Waals surface area contributed by atoms with Crippen LogP contribution >= 0.6 is 0 Å². The number of aliphatic hydroxyl groups is 1. The molecular formula is C14H28N2O. The van der Waals surface area contributed by atoms with E-state index in [2.05, 4.69) is 24.2 Å². The molecule has 0 aromatic heterocycles. The summed E-state index contributed by atoms with van der Waals surface area (Å²) >= 11 is 0. The third-order valence-electron chi connectivity index (χ3n) is 4.69. The maximum Gasteiger partial charge on any atom is 0.0798 e. The van der Waals surface area contributed by atoms with Crippen molar-refractivity contribution in [3.05, 3.63) is 0 Å². The summed E-state index contributed by atoms with van der Waals surface area (Å²) < 4.78 is 0. The zero-order chi connectivity index (χ0) is 12.3. The average Bonchev–Trinajstić information content (AvgIpc) is 2.30. The summed E-state index contributed by atoms with van der Waals surface area (Å²) in [5.74, 6) is 0.904. The number of piperidine rings is 1. The number of hydrogen-bond donors (Lipinski definition) is 2. The Labute approximate surface area is 106 Å². The molecule has 0 unspecified atom stereocenters. The lowest BCUT2D eigenvalue weighted by atomic mass is 9.85.